The molecule has 0 fully saturated rings. The van der Waals surface area contributed by atoms with Gasteiger partial charge in [0.25, 0.3) is 0 Å². The van der Waals surface area contributed by atoms with Crippen LogP contribution in [0.3, 0.4) is 0 Å². The quantitative estimate of drug-likeness (QED) is 0.262. The fourth-order valence-electron chi connectivity index (χ4n) is 3.58. The van der Waals surface area contributed by atoms with Gasteiger partial charge in [-0.15, -0.1) is 0 Å². The molecule has 5 rings (SSSR count). The average Bonchev–Trinajstić information content (AvgIpc) is 2.78. The van der Waals surface area contributed by atoms with E-state index in [0.29, 0.717) is 5.56 Å². The average molecular weight is 376 g/mol. The van der Waals surface area contributed by atoms with Crippen LogP contribution in [0, 0.1) is 0 Å². The zero-order valence-corrected chi connectivity index (χ0v) is 15.9. The van der Waals surface area contributed by atoms with Crippen LogP contribution in [-0.4, -0.2) is 11.1 Å². The van der Waals surface area contributed by atoms with Gasteiger partial charge in [0.05, 0.1) is 5.56 Å². The molecule has 29 heavy (non-hydrogen) atoms. The lowest BCUT2D eigenvalue weighted by Crippen LogP contribution is -1.93. The maximum atomic E-state index is 10.2. The van der Waals surface area contributed by atoms with Crippen LogP contribution in [0.4, 0.5) is 0 Å². The molecule has 0 bridgehead atoms. The molecule has 0 aliphatic carbocycles. The normalized spacial score (nSPS) is 10.5. The number of fused-ring (bicyclic) bond motifs is 4. The van der Waals surface area contributed by atoms with Crippen LogP contribution in [0.2, 0.25) is 0 Å². The highest BCUT2D eigenvalue weighted by molar-refractivity contribution is 6.14. The van der Waals surface area contributed by atoms with E-state index in [1.165, 1.54) is 37.9 Å². The van der Waals surface area contributed by atoms with Crippen molar-refractivity contribution in [3.63, 3.8) is 0 Å². The number of carboxylic acids is 1. The Balaban J connectivity index is 0.000000192. The van der Waals surface area contributed by atoms with Gasteiger partial charge in [-0.05, 0) is 62.1 Å². The molecule has 2 nitrogen and oxygen atoms in total. The van der Waals surface area contributed by atoms with Crippen LogP contribution >= 0.6 is 0 Å². The molecule has 2 heteroatoms. The summed E-state index contributed by atoms with van der Waals surface area (Å²) in [6.45, 7) is 3.95. The Kier molecular flexibility index (Phi) is 5.08. The van der Waals surface area contributed by atoms with Crippen LogP contribution < -0.4 is 0 Å². The summed E-state index contributed by atoms with van der Waals surface area (Å²) >= 11 is 0. The molecule has 0 aliphatic heterocycles. The van der Waals surface area contributed by atoms with Crippen molar-refractivity contribution in [2.45, 2.75) is 0 Å². The molecule has 1 N–H and O–H groups in total. The van der Waals surface area contributed by atoms with E-state index in [2.05, 4.69) is 73.3 Å². The highest BCUT2D eigenvalue weighted by Crippen LogP contribution is 2.32. The first-order valence-corrected chi connectivity index (χ1v) is 9.42. The van der Waals surface area contributed by atoms with E-state index in [9.17, 15) is 4.79 Å². The van der Waals surface area contributed by atoms with Gasteiger partial charge >= 0.3 is 5.97 Å². The monoisotopic (exact) mass is 376 g/mol. The first-order chi connectivity index (χ1) is 14.2. The number of aromatic carboxylic acids is 1. The van der Waals surface area contributed by atoms with Crippen molar-refractivity contribution >= 4 is 44.4 Å². The number of carbonyl (C=O) groups is 1. The van der Waals surface area contributed by atoms with E-state index in [0.717, 1.165) is 0 Å². The van der Waals surface area contributed by atoms with Gasteiger partial charge in [-0.25, -0.2) is 4.79 Å². The third-order valence-electron chi connectivity index (χ3n) is 5.00. The zero-order chi connectivity index (χ0) is 20.2. The largest absolute Gasteiger partial charge is 0.478 e. The number of hydrogen-bond donors (Lipinski definition) is 1. The van der Waals surface area contributed by atoms with Crippen LogP contribution in [0.5, 0.6) is 0 Å². The minimum Gasteiger partial charge on any atom is -0.478 e. The second-order valence-corrected chi connectivity index (χ2v) is 6.81. The van der Waals surface area contributed by atoms with Crippen LogP contribution in [0.25, 0.3) is 38.4 Å². The van der Waals surface area contributed by atoms with Gasteiger partial charge in [0.1, 0.15) is 0 Å². The molecule has 140 valence electrons. The topological polar surface area (TPSA) is 37.3 Å². The molecular formula is C27H20O2. The third-order valence-corrected chi connectivity index (χ3v) is 5.00. The summed E-state index contributed by atoms with van der Waals surface area (Å²) in [5, 5.41) is 16.1. The summed E-state index contributed by atoms with van der Waals surface area (Å²) in [5.41, 5.74) is 1.53. The summed E-state index contributed by atoms with van der Waals surface area (Å²) in [7, 11) is 0. The van der Waals surface area contributed by atoms with Gasteiger partial charge in [0, 0.05) is 0 Å². The van der Waals surface area contributed by atoms with Gasteiger partial charge in [-0.3, -0.25) is 0 Å². The van der Waals surface area contributed by atoms with E-state index in [1.54, 1.807) is 30.3 Å². The highest BCUT2D eigenvalue weighted by Gasteiger charge is 2.05. The maximum Gasteiger partial charge on any atom is 0.335 e. The fraction of sp³-hybridized carbons (Fsp3) is 0. The van der Waals surface area contributed by atoms with Crippen LogP contribution in [0.15, 0.2) is 104 Å². The summed E-state index contributed by atoms with van der Waals surface area (Å²) in [4.78, 5) is 10.2. The number of benzene rings is 5. The lowest BCUT2D eigenvalue weighted by Gasteiger charge is -2.09. The van der Waals surface area contributed by atoms with Gasteiger partial charge in [0.15, 0.2) is 0 Å². The molecule has 0 atom stereocenters. The van der Waals surface area contributed by atoms with Crippen molar-refractivity contribution < 1.29 is 9.90 Å². The van der Waals surface area contributed by atoms with Crippen molar-refractivity contribution in [3.05, 3.63) is 115 Å². The Morgan fingerprint density at radius 3 is 1.97 bits per heavy atom. The van der Waals surface area contributed by atoms with E-state index < -0.39 is 5.97 Å². The molecule has 0 unspecified atom stereocenters. The third kappa shape index (κ3) is 3.74. The summed E-state index contributed by atoms with van der Waals surface area (Å²) in [5.74, 6) is -0.879. The van der Waals surface area contributed by atoms with Gasteiger partial charge < -0.3 is 5.11 Å². The summed E-state index contributed by atoms with van der Waals surface area (Å²) in [6, 6.07) is 32.2. The smallest absolute Gasteiger partial charge is 0.335 e. The second kappa shape index (κ2) is 7.99. The molecule has 5 aromatic rings. The Hall–Kier alpha value is -3.91. The highest BCUT2D eigenvalue weighted by atomic mass is 16.4. The van der Waals surface area contributed by atoms with Crippen molar-refractivity contribution in [1.82, 2.24) is 0 Å². The molecule has 0 aliphatic rings. The molecule has 0 saturated carbocycles. The lowest BCUT2D eigenvalue weighted by atomic mass is 9.95. The SMILES string of the molecule is C=Cc1cccc2ccc3cc4ccccc4cc3c12.O=C(O)c1ccccc1. The molecular weight excluding hydrogens is 356 g/mol. The molecule has 0 spiro atoms. The van der Waals surface area contributed by atoms with E-state index >= 15 is 0 Å². The summed E-state index contributed by atoms with van der Waals surface area (Å²) < 4.78 is 0. The predicted octanol–water partition coefficient (Wildman–Crippen LogP) is 7.17. The zero-order valence-electron chi connectivity index (χ0n) is 15.9. The number of hydrogen-bond acceptors (Lipinski definition) is 1. The standard InChI is InChI=1S/C20H14.C7H6O2/c1-2-14-8-5-9-15-10-11-18-12-16-6-3-4-7-17(16)13-19(18)20(14)15;8-7(9)6-4-2-1-3-5-6/h2-13H,1H2;1-5H,(H,8,9). The van der Waals surface area contributed by atoms with E-state index in [1.807, 2.05) is 6.08 Å². The Morgan fingerprint density at radius 2 is 1.31 bits per heavy atom. The second-order valence-electron chi connectivity index (χ2n) is 6.81. The molecule has 0 saturated heterocycles. The van der Waals surface area contributed by atoms with Crippen molar-refractivity contribution in [2.75, 3.05) is 0 Å². The molecule has 0 aromatic heterocycles. The number of carboxylic acid groups (broad SMARTS) is 1. The molecule has 0 amide bonds. The maximum absolute atomic E-state index is 10.2. The first kappa shape index (κ1) is 18.5. The van der Waals surface area contributed by atoms with Gasteiger partial charge in [0.2, 0.25) is 0 Å². The van der Waals surface area contributed by atoms with Crippen molar-refractivity contribution in [1.29, 1.82) is 0 Å². The van der Waals surface area contributed by atoms with Crippen molar-refractivity contribution in [3.8, 4) is 0 Å². The predicted molar refractivity (Wildman–Crippen MR) is 122 cm³/mol. The van der Waals surface area contributed by atoms with Crippen molar-refractivity contribution in [2.24, 2.45) is 0 Å². The molecule has 0 radical (unpaired) electrons. The Bertz CT molecular complexity index is 1330. The lowest BCUT2D eigenvalue weighted by molar-refractivity contribution is 0.0697. The van der Waals surface area contributed by atoms with Crippen LogP contribution in [0.1, 0.15) is 15.9 Å². The first-order valence-electron chi connectivity index (χ1n) is 9.42. The van der Waals surface area contributed by atoms with E-state index in [-0.39, 0.29) is 0 Å². The Labute approximate surface area is 169 Å². The summed E-state index contributed by atoms with van der Waals surface area (Å²) in [6.07, 6.45) is 1.94. The molecule has 5 aromatic carbocycles. The van der Waals surface area contributed by atoms with Gasteiger partial charge in [-0.1, -0.05) is 85.5 Å². The fourth-order valence-corrected chi connectivity index (χ4v) is 3.58. The van der Waals surface area contributed by atoms with Crippen LogP contribution in [-0.2, 0) is 0 Å². The number of rotatable bonds is 2. The van der Waals surface area contributed by atoms with E-state index in [4.69, 9.17) is 5.11 Å². The minimum atomic E-state index is -0.879. The minimum absolute atomic E-state index is 0.331. The van der Waals surface area contributed by atoms with Gasteiger partial charge in [-0.2, -0.15) is 0 Å². The molecule has 0 heterocycles. The Morgan fingerprint density at radius 1 is 0.690 bits per heavy atom.